The summed E-state index contributed by atoms with van der Waals surface area (Å²) in [5.74, 6) is 0.808. The van der Waals surface area contributed by atoms with E-state index in [0.717, 1.165) is 11.1 Å². The fourth-order valence-corrected chi connectivity index (χ4v) is 2.86. The Morgan fingerprint density at radius 3 is 2.81 bits per heavy atom. The second-order valence-corrected chi connectivity index (χ2v) is 5.65. The number of hydrogen-bond donors (Lipinski definition) is 0. The van der Waals surface area contributed by atoms with Crippen LogP contribution in [0.4, 0.5) is 4.39 Å². The van der Waals surface area contributed by atoms with E-state index in [1.807, 2.05) is 19.1 Å². The van der Waals surface area contributed by atoms with Gasteiger partial charge in [0.15, 0.2) is 0 Å². The van der Waals surface area contributed by atoms with Crippen molar-refractivity contribution < 1.29 is 4.39 Å². The second-order valence-electron chi connectivity index (χ2n) is 4.86. The van der Waals surface area contributed by atoms with Gasteiger partial charge in [0.05, 0.1) is 21.7 Å². The van der Waals surface area contributed by atoms with Crippen LogP contribution in [-0.2, 0) is 6.42 Å². The largest absolute Gasteiger partial charge is 0.292 e. The van der Waals surface area contributed by atoms with E-state index in [2.05, 4.69) is 4.98 Å². The van der Waals surface area contributed by atoms with Gasteiger partial charge in [-0.15, -0.1) is 11.6 Å². The number of aryl methyl sites for hydroxylation is 2. The summed E-state index contributed by atoms with van der Waals surface area (Å²) in [6.45, 7) is 1.92. The first-order chi connectivity index (χ1) is 10.1. The molecule has 0 spiro atoms. The summed E-state index contributed by atoms with van der Waals surface area (Å²) in [4.78, 5) is 4.54. The first kappa shape index (κ1) is 14.4. The van der Waals surface area contributed by atoms with Crippen molar-refractivity contribution in [3.05, 3.63) is 58.6 Å². The van der Waals surface area contributed by atoms with E-state index in [9.17, 15) is 4.39 Å². The lowest BCUT2D eigenvalue weighted by Gasteiger charge is -2.11. The van der Waals surface area contributed by atoms with Gasteiger partial charge < -0.3 is 0 Å². The number of halogens is 3. The van der Waals surface area contributed by atoms with Gasteiger partial charge in [-0.2, -0.15) is 0 Å². The third-order valence-electron chi connectivity index (χ3n) is 3.36. The number of hydrogen-bond acceptors (Lipinski definition) is 1. The summed E-state index contributed by atoms with van der Waals surface area (Å²) in [5.41, 5.74) is 2.87. The third-order valence-corrected chi connectivity index (χ3v) is 3.85. The van der Waals surface area contributed by atoms with E-state index >= 15 is 0 Å². The molecule has 1 aromatic heterocycles. The Hall–Kier alpha value is -1.58. The van der Waals surface area contributed by atoms with Crippen LogP contribution in [0, 0.1) is 12.7 Å². The molecule has 0 fully saturated rings. The number of alkyl halides is 1. The molecular formula is C16H13Cl2FN2. The Labute approximate surface area is 132 Å². The molecule has 0 bridgehead atoms. The number of imidazole rings is 1. The molecule has 2 nitrogen and oxygen atoms in total. The minimum atomic E-state index is -0.310. The van der Waals surface area contributed by atoms with Gasteiger partial charge in [-0.05, 0) is 36.8 Å². The molecule has 3 aromatic rings. The molecule has 0 saturated heterocycles. The van der Waals surface area contributed by atoms with E-state index in [1.165, 1.54) is 6.07 Å². The molecule has 0 N–H and O–H groups in total. The summed E-state index contributed by atoms with van der Waals surface area (Å²) in [6, 6.07) is 10.5. The van der Waals surface area contributed by atoms with Gasteiger partial charge in [0.25, 0.3) is 0 Å². The van der Waals surface area contributed by atoms with Crippen LogP contribution in [0.5, 0.6) is 0 Å². The maximum atomic E-state index is 14.3. The van der Waals surface area contributed by atoms with E-state index < -0.39 is 0 Å². The Kier molecular flexibility index (Phi) is 3.87. The smallest absolute Gasteiger partial charge is 0.147 e. The topological polar surface area (TPSA) is 17.8 Å². The summed E-state index contributed by atoms with van der Waals surface area (Å²) in [6.07, 6.45) is 0.542. The first-order valence-corrected chi connectivity index (χ1v) is 7.51. The molecule has 0 aliphatic carbocycles. The van der Waals surface area contributed by atoms with E-state index in [1.54, 1.807) is 22.8 Å². The van der Waals surface area contributed by atoms with Crippen LogP contribution in [0.15, 0.2) is 36.4 Å². The van der Waals surface area contributed by atoms with Crippen molar-refractivity contribution in [2.45, 2.75) is 13.3 Å². The van der Waals surface area contributed by atoms with Gasteiger partial charge in [0.1, 0.15) is 11.6 Å². The number of nitrogens with zero attached hydrogens (tertiary/aromatic N) is 2. The van der Waals surface area contributed by atoms with E-state index in [0.29, 0.717) is 34.4 Å². The molecule has 0 unspecified atom stereocenters. The summed E-state index contributed by atoms with van der Waals surface area (Å²) < 4.78 is 16.1. The van der Waals surface area contributed by atoms with E-state index in [-0.39, 0.29) is 5.82 Å². The SMILES string of the molecule is Cc1ccc(F)c(-n2c(CCCl)nc3cccc(Cl)c32)c1. The lowest BCUT2D eigenvalue weighted by molar-refractivity contribution is 0.616. The van der Waals surface area contributed by atoms with Gasteiger partial charge in [0.2, 0.25) is 0 Å². The van der Waals surface area contributed by atoms with Gasteiger partial charge in [0, 0.05) is 12.3 Å². The fourth-order valence-electron chi connectivity index (χ4n) is 2.44. The molecule has 0 atom stereocenters. The summed E-state index contributed by atoms with van der Waals surface area (Å²) in [5, 5.41) is 0.543. The number of benzene rings is 2. The molecule has 108 valence electrons. The Morgan fingerprint density at radius 2 is 2.05 bits per heavy atom. The van der Waals surface area contributed by atoms with Crippen molar-refractivity contribution in [1.29, 1.82) is 0 Å². The molecule has 21 heavy (non-hydrogen) atoms. The lowest BCUT2D eigenvalue weighted by Crippen LogP contribution is -2.05. The summed E-state index contributed by atoms with van der Waals surface area (Å²) >= 11 is 12.2. The number of rotatable bonds is 3. The molecule has 0 aliphatic heterocycles. The van der Waals surface area contributed by atoms with Crippen LogP contribution in [0.25, 0.3) is 16.7 Å². The normalized spacial score (nSPS) is 11.2. The second kappa shape index (κ2) is 5.66. The van der Waals surface area contributed by atoms with Crippen molar-refractivity contribution in [2.24, 2.45) is 0 Å². The molecule has 3 rings (SSSR count). The Balaban J connectivity index is 2.38. The van der Waals surface area contributed by atoms with Crippen molar-refractivity contribution in [3.8, 4) is 5.69 Å². The Bertz CT molecular complexity index is 811. The molecule has 0 radical (unpaired) electrons. The average molecular weight is 323 g/mol. The quantitative estimate of drug-likeness (QED) is 0.626. The first-order valence-electron chi connectivity index (χ1n) is 6.60. The predicted molar refractivity (Wildman–Crippen MR) is 85.2 cm³/mol. The van der Waals surface area contributed by atoms with Gasteiger partial charge in [-0.1, -0.05) is 23.7 Å². The average Bonchev–Trinajstić information content (AvgIpc) is 2.81. The zero-order chi connectivity index (χ0) is 15.0. The predicted octanol–water partition coefficient (Wildman–Crippen LogP) is 4.91. The fraction of sp³-hybridized carbons (Fsp3) is 0.188. The van der Waals surface area contributed by atoms with Gasteiger partial charge in [-0.25, -0.2) is 9.37 Å². The van der Waals surface area contributed by atoms with Gasteiger partial charge in [-0.3, -0.25) is 4.57 Å². The molecule has 2 aromatic carbocycles. The third kappa shape index (κ3) is 2.52. The van der Waals surface area contributed by atoms with Crippen LogP contribution in [0.1, 0.15) is 11.4 Å². The van der Waals surface area contributed by atoms with Crippen LogP contribution < -0.4 is 0 Å². The lowest BCUT2D eigenvalue weighted by atomic mass is 10.2. The highest BCUT2D eigenvalue weighted by molar-refractivity contribution is 6.35. The monoisotopic (exact) mass is 322 g/mol. The zero-order valence-corrected chi connectivity index (χ0v) is 12.9. The highest BCUT2D eigenvalue weighted by Gasteiger charge is 2.17. The van der Waals surface area contributed by atoms with Crippen LogP contribution >= 0.6 is 23.2 Å². The van der Waals surface area contributed by atoms with Crippen LogP contribution in [0.2, 0.25) is 5.02 Å². The van der Waals surface area contributed by atoms with Crippen molar-refractivity contribution in [3.63, 3.8) is 0 Å². The summed E-state index contributed by atoms with van der Waals surface area (Å²) in [7, 11) is 0. The minimum Gasteiger partial charge on any atom is -0.292 e. The highest BCUT2D eigenvalue weighted by Crippen LogP contribution is 2.29. The molecule has 0 saturated carbocycles. The molecular weight excluding hydrogens is 310 g/mol. The maximum Gasteiger partial charge on any atom is 0.147 e. The molecule has 0 amide bonds. The molecule has 1 heterocycles. The minimum absolute atomic E-state index is 0.310. The highest BCUT2D eigenvalue weighted by atomic mass is 35.5. The van der Waals surface area contributed by atoms with E-state index in [4.69, 9.17) is 23.2 Å². The number of para-hydroxylation sites is 1. The molecule has 5 heteroatoms. The van der Waals surface area contributed by atoms with Crippen LogP contribution in [-0.4, -0.2) is 15.4 Å². The van der Waals surface area contributed by atoms with Crippen LogP contribution in [0.3, 0.4) is 0 Å². The van der Waals surface area contributed by atoms with Crippen molar-refractivity contribution >= 4 is 34.2 Å². The Morgan fingerprint density at radius 1 is 1.24 bits per heavy atom. The molecule has 0 aliphatic rings. The van der Waals surface area contributed by atoms with Crippen molar-refractivity contribution in [1.82, 2.24) is 9.55 Å². The number of aromatic nitrogens is 2. The maximum absolute atomic E-state index is 14.3. The number of fused-ring (bicyclic) bond motifs is 1. The van der Waals surface area contributed by atoms with Crippen molar-refractivity contribution in [2.75, 3.05) is 5.88 Å². The van der Waals surface area contributed by atoms with Gasteiger partial charge >= 0.3 is 0 Å². The zero-order valence-electron chi connectivity index (χ0n) is 11.4. The standard InChI is InChI=1S/C16H13Cl2FN2/c1-10-5-6-12(19)14(9-10)21-15(7-8-17)20-13-4-2-3-11(18)16(13)21/h2-6,9H,7-8H2,1H3.